The molecule has 4 atom stereocenters. The molecule has 0 saturated carbocycles. The smallest absolute Gasteiger partial charge is 0.340 e. The first-order valence-electron chi connectivity index (χ1n) is 8.18. The molecule has 146 valence electrons. The number of aliphatic carboxylic acids is 1. The van der Waals surface area contributed by atoms with Gasteiger partial charge in [0.1, 0.15) is 28.5 Å². The molecule has 0 amide bonds. The Kier molecular flexibility index (Phi) is 6.84. The predicted octanol–water partition coefficient (Wildman–Crippen LogP) is 2.51. The van der Waals surface area contributed by atoms with Crippen LogP contribution in [0.5, 0.6) is 5.75 Å². The fraction of sp³-hybridized carbons (Fsp3) is 0.588. The molecule has 2 N–H and O–H groups in total. The van der Waals surface area contributed by atoms with E-state index in [0.29, 0.717) is 19.6 Å². The molecule has 26 heavy (non-hydrogen) atoms. The van der Waals surface area contributed by atoms with E-state index in [1.165, 1.54) is 12.1 Å². The number of carboxylic acids is 1. The van der Waals surface area contributed by atoms with Gasteiger partial charge in [0, 0.05) is 23.3 Å². The Morgan fingerprint density at radius 1 is 1.50 bits per heavy atom. The fourth-order valence-electron chi connectivity index (χ4n) is 2.35. The maximum Gasteiger partial charge on any atom is 0.340 e. The van der Waals surface area contributed by atoms with Crippen LogP contribution in [0.25, 0.3) is 0 Å². The minimum atomic E-state index is -2.49. The van der Waals surface area contributed by atoms with Crippen molar-refractivity contribution < 1.29 is 32.7 Å². The minimum absolute atomic E-state index is 0.205. The summed E-state index contributed by atoms with van der Waals surface area (Å²) in [7, 11) is 0. The predicted molar refractivity (Wildman–Crippen MR) is 92.6 cm³/mol. The highest BCUT2D eigenvalue weighted by Gasteiger charge is 2.38. The van der Waals surface area contributed by atoms with E-state index in [9.17, 15) is 18.1 Å². The van der Waals surface area contributed by atoms with E-state index in [1.54, 1.807) is 20.8 Å². The number of benzene rings is 1. The highest BCUT2D eigenvalue weighted by molar-refractivity contribution is 7.90. The average molecular weight is 391 g/mol. The molecule has 6 nitrogen and oxygen atoms in total. The molecule has 1 aromatic carbocycles. The molecule has 0 bridgehead atoms. The number of carboxylic acid groups (broad SMARTS) is 1. The minimum Gasteiger partial charge on any atom is -0.598 e. The topological polar surface area (TPSA) is 90.9 Å². The third-order valence-electron chi connectivity index (χ3n) is 3.81. The summed E-state index contributed by atoms with van der Waals surface area (Å²) in [5, 5.41) is 9.04. The summed E-state index contributed by atoms with van der Waals surface area (Å²) in [6, 6.07) is 2.06. The molecule has 1 aliphatic heterocycles. The summed E-state index contributed by atoms with van der Waals surface area (Å²) in [4.78, 5) is 11.1. The van der Waals surface area contributed by atoms with Crippen LogP contribution >= 0.6 is 0 Å². The van der Waals surface area contributed by atoms with Crippen LogP contribution in [-0.2, 0) is 20.9 Å². The first-order chi connectivity index (χ1) is 12.1. The number of carbonyl (C=O) groups is 1. The quantitative estimate of drug-likeness (QED) is 0.694. The third kappa shape index (κ3) is 5.29. The number of alkyl halides is 1. The number of hydrogen-bond acceptors (Lipinski definition) is 5. The summed E-state index contributed by atoms with van der Waals surface area (Å²) in [5.74, 6) is -2.32. The monoisotopic (exact) mass is 391 g/mol. The van der Waals surface area contributed by atoms with Gasteiger partial charge < -0.3 is 19.1 Å². The molecule has 1 heterocycles. The van der Waals surface area contributed by atoms with Crippen molar-refractivity contribution in [3.63, 3.8) is 0 Å². The lowest BCUT2D eigenvalue weighted by Crippen LogP contribution is -2.45. The van der Waals surface area contributed by atoms with Crippen LogP contribution in [0.4, 0.5) is 8.78 Å². The molecule has 1 saturated heterocycles. The second-order valence-corrected chi connectivity index (χ2v) is 9.00. The van der Waals surface area contributed by atoms with Crippen molar-refractivity contribution in [1.82, 2.24) is 4.72 Å². The van der Waals surface area contributed by atoms with Crippen molar-refractivity contribution in [2.45, 2.75) is 50.3 Å². The van der Waals surface area contributed by atoms with Crippen molar-refractivity contribution in [1.29, 1.82) is 0 Å². The van der Waals surface area contributed by atoms with Gasteiger partial charge in [0.05, 0.1) is 13.2 Å². The normalized spacial score (nSPS) is 21.2. The summed E-state index contributed by atoms with van der Waals surface area (Å²) < 4.78 is 53.5. The molecule has 1 fully saturated rings. The first-order valence-corrected chi connectivity index (χ1v) is 9.33. The van der Waals surface area contributed by atoms with Gasteiger partial charge in [-0.15, -0.1) is 4.72 Å². The Balaban J connectivity index is 2.31. The van der Waals surface area contributed by atoms with E-state index in [1.807, 2.05) is 0 Å². The molecule has 0 radical (unpaired) electrons. The lowest BCUT2D eigenvalue weighted by molar-refractivity contribution is -0.143. The van der Waals surface area contributed by atoms with Gasteiger partial charge in [-0.1, -0.05) is 0 Å². The summed E-state index contributed by atoms with van der Waals surface area (Å²) in [5.41, 5.74) is -0.256. The van der Waals surface area contributed by atoms with Gasteiger partial charge in [-0.05, 0) is 39.0 Å². The molecule has 2 unspecified atom stereocenters. The highest BCUT2D eigenvalue weighted by Crippen LogP contribution is 2.30. The van der Waals surface area contributed by atoms with Crippen LogP contribution in [0.1, 0.15) is 38.8 Å². The van der Waals surface area contributed by atoms with Crippen LogP contribution in [0.2, 0.25) is 0 Å². The molecular formula is C17H23F2NO5S. The zero-order valence-corrected chi connectivity index (χ0v) is 15.6. The number of nitrogens with one attached hydrogen (secondary N) is 1. The largest absolute Gasteiger partial charge is 0.598 e. The molecule has 2 rings (SSSR count). The van der Waals surface area contributed by atoms with E-state index in [0.717, 1.165) is 6.07 Å². The summed E-state index contributed by atoms with van der Waals surface area (Å²) in [6.45, 7) is 5.85. The van der Waals surface area contributed by atoms with Crippen LogP contribution < -0.4 is 9.46 Å². The lowest BCUT2D eigenvalue weighted by Gasteiger charge is -2.29. The third-order valence-corrected chi connectivity index (χ3v) is 5.39. The van der Waals surface area contributed by atoms with Gasteiger partial charge in [0.15, 0.2) is 0 Å². The van der Waals surface area contributed by atoms with Crippen molar-refractivity contribution in [3.05, 3.63) is 29.6 Å². The molecule has 9 heteroatoms. The van der Waals surface area contributed by atoms with E-state index >= 15 is 0 Å². The Labute approximate surface area is 154 Å². The van der Waals surface area contributed by atoms with Crippen LogP contribution in [0, 0.1) is 5.82 Å². The first kappa shape index (κ1) is 20.9. The Morgan fingerprint density at radius 2 is 2.19 bits per heavy atom. The van der Waals surface area contributed by atoms with E-state index in [-0.39, 0.29) is 17.4 Å². The molecule has 0 aliphatic carbocycles. The van der Waals surface area contributed by atoms with Gasteiger partial charge >= 0.3 is 5.97 Å². The second-order valence-electron chi connectivity index (χ2n) is 7.00. The number of hydrogen-bond donors (Lipinski definition) is 2. The summed E-state index contributed by atoms with van der Waals surface area (Å²) in [6.07, 6.45) is -2.02. The Hall–Kier alpha value is -1.42. The van der Waals surface area contributed by atoms with Crippen molar-refractivity contribution in [3.8, 4) is 5.75 Å². The van der Waals surface area contributed by atoms with Gasteiger partial charge in [-0.3, -0.25) is 0 Å². The van der Waals surface area contributed by atoms with Crippen molar-refractivity contribution in [2.24, 2.45) is 0 Å². The Morgan fingerprint density at radius 3 is 2.73 bits per heavy atom. The fourth-order valence-corrected chi connectivity index (χ4v) is 3.18. The molecule has 0 spiro atoms. The number of halogens is 2. The number of ether oxygens (including phenoxy) is 2. The SMILES string of the molecule is CC(C)(C)[S@@+]([O-])NC(c1cc(O[C@@H]2CCOC2)ccc1F)C(F)C(=O)O. The zero-order chi connectivity index (χ0) is 19.5. The van der Waals surface area contributed by atoms with Crippen LogP contribution in [-0.4, -0.2) is 45.9 Å². The molecule has 0 aromatic heterocycles. The van der Waals surface area contributed by atoms with Crippen LogP contribution in [0.3, 0.4) is 0 Å². The highest BCUT2D eigenvalue weighted by atomic mass is 32.2. The Bertz CT molecular complexity index is 634. The number of rotatable bonds is 7. The van der Waals surface area contributed by atoms with E-state index in [4.69, 9.17) is 14.6 Å². The van der Waals surface area contributed by atoms with Crippen molar-refractivity contribution in [2.75, 3.05) is 13.2 Å². The maximum atomic E-state index is 14.3. The molecule has 1 aromatic rings. The molecular weight excluding hydrogens is 368 g/mol. The van der Waals surface area contributed by atoms with Gasteiger partial charge in [-0.2, -0.15) is 0 Å². The zero-order valence-electron chi connectivity index (χ0n) is 14.8. The standard InChI is InChI=1S/C17H23F2NO5S/c1-17(2,3)26(23)20-15(14(19)16(21)22)12-8-10(4-5-13(12)18)25-11-6-7-24-9-11/h4-5,8,11,14-15,20H,6-7,9H2,1-3H3,(H,21,22)/t11-,14?,15?,26-/m1/s1. The average Bonchev–Trinajstić information content (AvgIpc) is 3.05. The summed E-state index contributed by atoms with van der Waals surface area (Å²) >= 11 is -1.80. The van der Waals surface area contributed by atoms with Gasteiger partial charge in [-0.25, -0.2) is 13.6 Å². The van der Waals surface area contributed by atoms with Crippen molar-refractivity contribution >= 4 is 17.3 Å². The lowest BCUT2D eigenvalue weighted by atomic mass is 10.0. The van der Waals surface area contributed by atoms with Crippen LogP contribution in [0.15, 0.2) is 18.2 Å². The molecule has 1 aliphatic rings. The van der Waals surface area contributed by atoms with E-state index < -0.39 is 40.1 Å². The van der Waals surface area contributed by atoms with Gasteiger partial charge in [0.2, 0.25) is 6.17 Å². The second kappa shape index (κ2) is 8.51. The maximum absolute atomic E-state index is 14.3. The van der Waals surface area contributed by atoms with Gasteiger partial charge in [0.25, 0.3) is 0 Å². The van der Waals surface area contributed by atoms with E-state index in [2.05, 4.69) is 4.72 Å².